The van der Waals surface area contributed by atoms with Crippen LogP contribution in [0.25, 0.3) is 33.1 Å². The van der Waals surface area contributed by atoms with Crippen LogP contribution in [0.5, 0.6) is 0 Å². The molecule has 0 saturated carbocycles. The number of hydrogen-bond donors (Lipinski definition) is 1. The number of aromatic amines is 1. The smallest absolute Gasteiger partial charge is 0.407 e. The molecule has 1 N–H and O–H groups in total. The predicted molar refractivity (Wildman–Crippen MR) is 82.3 cm³/mol. The average Bonchev–Trinajstić information content (AvgIpc) is 2.87. The first-order valence-electron chi connectivity index (χ1n) is 6.70. The highest BCUT2D eigenvalue weighted by atomic mass is 16.4. The van der Waals surface area contributed by atoms with Crippen LogP contribution in [-0.2, 0) is 0 Å². The number of rotatable bonds is 1. The molecule has 102 valence electrons. The number of nitrogens with zero attached hydrogens (tertiary/aromatic N) is 1. The molecule has 4 aromatic rings. The predicted octanol–water partition coefficient (Wildman–Crippen LogP) is 3.64. The van der Waals surface area contributed by atoms with Crippen molar-refractivity contribution < 1.29 is 4.42 Å². The Kier molecular flexibility index (Phi) is 2.44. The van der Waals surface area contributed by atoms with Crippen LogP contribution in [0.1, 0.15) is 5.56 Å². The molecule has 21 heavy (non-hydrogen) atoms. The summed E-state index contributed by atoms with van der Waals surface area (Å²) in [7, 11) is 0. The monoisotopic (exact) mass is 276 g/mol. The molecular weight excluding hydrogens is 264 g/mol. The first-order valence-corrected chi connectivity index (χ1v) is 6.70. The molecule has 0 radical (unpaired) electrons. The third-order valence-corrected chi connectivity index (χ3v) is 3.71. The molecule has 2 aromatic carbocycles. The lowest BCUT2D eigenvalue weighted by Crippen LogP contribution is -1.92. The van der Waals surface area contributed by atoms with Crippen LogP contribution >= 0.6 is 0 Å². The summed E-state index contributed by atoms with van der Waals surface area (Å²) >= 11 is 0. The minimum absolute atomic E-state index is 0.437. The van der Waals surface area contributed by atoms with Gasteiger partial charge in [0.25, 0.3) is 0 Å². The quantitative estimate of drug-likeness (QED) is 0.577. The number of para-hydroxylation sites is 1. The minimum Gasteiger partial charge on any atom is -0.407 e. The number of aryl methyl sites for hydroxylation is 1. The maximum Gasteiger partial charge on any atom is 0.417 e. The van der Waals surface area contributed by atoms with Crippen molar-refractivity contribution in [2.75, 3.05) is 0 Å². The molecule has 2 aromatic heterocycles. The molecule has 0 aliphatic rings. The van der Waals surface area contributed by atoms with Crippen LogP contribution in [0.3, 0.4) is 0 Å². The van der Waals surface area contributed by atoms with Crippen LogP contribution in [0.15, 0.2) is 57.9 Å². The first kappa shape index (κ1) is 11.9. The minimum atomic E-state index is -0.437. The van der Waals surface area contributed by atoms with Crippen molar-refractivity contribution in [2.45, 2.75) is 6.92 Å². The lowest BCUT2D eigenvalue weighted by molar-refractivity contribution is 0.556. The standard InChI is InChI=1S/C17H12N2O2/c1-10-7-8-13-11(5-3-9-18-13)15(10)12-4-2-6-14-16(12)21-17(20)19-14/h2-9H,1H3,(H,19,20). The van der Waals surface area contributed by atoms with Crippen LogP contribution in [0, 0.1) is 6.92 Å². The molecule has 0 bridgehead atoms. The number of fused-ring (bicyclic) bond motifs is 2. The van der Waals surface area contributed by atoms with Gasteiger partial charge in [0.15, 0.2) is 5.58 Å². The Balaban J connectivity index is 2.18. The van der Waals surface area contributed by atoms with Gasteiger partial charge in [-0.25, -0.2) is 4.79 Å². The normalized spacial score (nSPS) is 11.3. The van der Waals surface area contributed by atoms with E-state index >= 15 is 0 Å². The van der Waals surface area contributed by atoms with Crippen LogP contribution < -0.4 is 5.76 Å². The number of pyridine rings is 1. The highest BCUT2D eigenvalue weighted by Gasteiger charge is 2.13. The van der Waals surface area contributed by atoms with E-state index in [2.05, 4.69) is 9.97 Å². The largest absolute Gasteiger partial charge is 0.417 e. The molecule has 4 nitrogen and oxygen atoms in total. The molecule has 0 spiro atoms. The van der Waals surface area contributed by atoms with Gasteiger partial charge in [-0.2, -0.15) is 0 Å². The number of oxazole rings is 1. The second-order valence-electron chi connectivity index (χ2n) is 5.02. The Morgan fingerprint density at radius 2 is 2.00 bits per heavy atom. The van der Waals surface area contributed by atoms with E-state index in [1.165, 1.54) is 0 Å². The maximum atomic E-state index is 11.5. The Morgan fingerprint density at radius 1 is 1.10 bits per heavy atom. The van der Waals surface area contributed by atoms with Gasteiger partial charge in [0, 0.05) is 17.1 Å². The van der Waals surface area contributed by atoms with Gasteiger partial charge in [-0.1, -0.05) is 24.3 Å². The van der Waals surface area contributed by atoms with E-state index < -0.39 is 5.76 Å². The third kappa shape index (κ3) is 1.76. The van der Waals surface area contributed by atoms with Crippen LogP contribution in [0.2, 0.25) is 0 Å². The fraction of sp³-hybridized carbons (Fsp3) is 0.0588. The Morgan fingerprint density at radius 3 is 2.90 bits per heavy atom. The maximum absolute atomic E-state index is 11.5. The summed E-state index contributed by atoms with van der Waals surface area (Å²) in [5.41, 5.74) is 5.29. The molecule has 0 fully saturated rings. The van der Waals surface area contributed by atoms with Gasteiger partial charge in [0.2, 0.25) is 0 Å². The van der Waals surface area contributed by atoms with Crippen molar-refractivity contribution in [3.8, 4) is 11.1 Å². The van der Waals surface area contributed by atoms with Gasteiger partial charge in [-0.3, -0.25) is 9.97 Å². The van der Waals surface area contributed by atoms with Crippen molar-refractivity contribution in [3.63, 3.8) is 0 Å². The Hall–Kier alpha value is -2.88. The van der Waals surface area contributed by atoms with Gasteiger partial charge >= 0.3 is 5.76 Å². The first-order chi connectivity index (χ1) is 10.2. The van der Waals surface area contributed by atoms with Crippen molar-refractivity contribution in [1.82, 2.24) is 9.97 Å². The highest BCUT2D eigenvalue weighted by Crippen LogP contribution is 2.34. The van der Waals surface area contributed by atoms with E-state index in [1.807, 2.05) is 49.4 Å². The molecule has 0 aliphatic heterocycles. The van der Waals surface area contributed by atoms with Gasteiger partial charge in [0.1, 0.15) is 0 Å². The lowest BCUT2D eigenvalue weighted by Gasteiger charge is -2.10. The summed E-state index contributed by atoms with van der Waals surface area (Å²) < 4.78 is 5.33. The molecule has 0 saturated heterocycles. The fourth-order valence-corrected chi connectivity index (χ4v) is 2.79. The van der Waals surface area contributed by atoms with Crippen LogP contribution in [0.4, 0.5) is 0 Å². The average molecular weight is 276 g/mol. The second-order valence-corrected chi connectivity index (χ2v) is 5.02. The van der Waals surface area contributed by atoms with Crippen LogP contribution in [-0.4, -0.2) is 9.97 Å². The zero-order valence-electron chi connectivity index (χ0n) is 11.4. The molecular formula is C17H12N2O2. The molecule has 0 aliphatic carbocycles. The molecule has 4 heteroatoms. The number of aromatic nitrogens is 2. The van der Waals surface area contributed by atoms with E-state index in [-0.39, 0.29) is 0 Å². The zero-order valence-corrected chi connectivity index (χ0v) is 11.4. The van der Waals surface area contributed by atoms with Gasteiger partial charge < -0.3 is 4.42 Å². The van der Waals surface area contributed by atoms with Crippen molar-refractivity contribution in [3.05, 3.63) is 64.8 Å². The second kappa shape index (κ2) is 4.31. The topological polar surface area (TPSA) is 58.9 Å². The summed E-state index contributed by atoms with van der Waals surface area (Å²) in [5.74, 6) is -0.437. The lowest BCUT2D eigenvalue weighted by atomic mass is 9.95. The molecule has 2 heterocycles. The fourth-order valence-electron chi connectivity index (χ4n) is 2.79. The van der Waals surface area contributed by atoms with Crippen molar-refractivity contribution in [2.24, 2.45) is 0 Å². The van der Waals surface area contributed by atoms with Gasteiger partial charge in [0.05, 0.1) is 11.0 Å². The van der Waals surface area contributed by atoms with E-state index in [1.54, 1.807) is 6.20 Å². The van der Waals surface area contributed by atoms with E-state index in [9.17, 15) is 4.79 Å². The number of nitrogens with one attached hydrogen (secondary N) is 1. The third-order valence-electron chi connectivity index (χ3n) is 3.71. The Bertz CT molecular complexity index is 1030. The molecule has 0 amide bonds. The summed E-state index contributed by atoms with van der Waals surface area (Å²) in [6.45, 7) is 2.05. The number of benzene rings is 2. The number of H-pyrrole nitrogens is 1. The van der Waals surface area contributed by atoms with E-state index in [4.69, 9.17) is 4.42 Å². The highest BCUT2D eigenvalue weighted by molar-refractivity contribution is 6.02. The van der Waals surface area contributed by atoms with E-state index in [0.717, 1.165) is 27.6 Å². The van der Waals surface area contributed by atoms with Crippen molar-refractivity contribution in [1.29, 1.82) is 0 Å². The Labute approximate surface area is 120 Å². The van der Waals surface area contributed by atoms with E-state index in [0.29, 0.717) is 11.1 Å². The zero-order chi connectivity index (χ0) is 14.4. The van der Waals surface area contributed by atoms with Gasteiger partial charge in [-0.05, 0) is 36.2 Å². The summed E-state index contributed by atoms with van der Waals surface area (Å²) in [6, 6.07) is 13.7. The molecule has 0 atom stereocenters. The number of hydrogen-bond acceptors (Lipinski definition) is 3. The summed E-state index contributed by atoms with van der Waals surface area (Å²) in [4.78, 5) is 18.6. The summed E-state index contributed by atoms with van der Waals surface area (Å²) in [5, 5.41) is 1.05. The molecule has 0 unspecified atom stereocenters. The van der Waals surface area contributed by atoms with Crippen molar-refractivity contribution >= 4 is 22.0 Å². The SMILES string of the molecule is Cc1ccc2ncccc2c1-c1cccc2[nH]c(=O)oc12. The molecule has 4 rings (SSSR count). The van der Waals surface area contributed by atoms with Gasteiger partial charge in [-0.15, -0.1) is 0 Å². The summed E-state index contributed by atoms with van der Waals surface area (Å²) in [6.07, 6.45) is 1.78.